The van der Waals surface area contributed by atoms with Crippen LogP contribution in [0.25, 0.3) is 75.2 Å². The molecule has 4 aliphatic rings. The van der Waals surface area contributed by atoms with Crippen LogP contribution in [0.4, 0.5) is 11.4 Å². The zero-order chi connectivity index (χ0) is 42.4. The minimum Gasteiger partial charge on any atom is -0.456 e. The van der Waals surface area contributed by atoms with Gasteiger partial charge in [-0.2, -0.15) is 0 Å². The van der Waals surface area contributed by atoms with Crippen LogP contribution in [-0.4, -0.2) is 10.6 Å². The molecule has 3 nitrogen and oxygen atoms in total. The summed E-state index contributed by atoms with van der Waals surface area (Å²) in [5, 5.41) is 7.47. The van der Waals surface area contributed by atoms with E-state index >= 15 is 0 Å². The normalized spacial score (nSPS) is 19.7. The minimum atomic E-state index is -0.518. The van der Waals surface area contributed by atoms with Crippen molar-refractivity contribution in [2.24, 2.45) is 0 Å². The number of rotatable bonds is 4. The van der Waals surface area contributed by atoms with Gasteiger partial charge in [0.15, 0.2) is 0 Å². The number of benzene rings is 8. The van der Waals surface area contributed by atoms with Crippen LogP contribution in [0.3, 0.4) is 0 Å². The number of aromatic nitrogens is 1. The molecule has 1 aliphatic heterocycles. The van der Waals surface area contributed by atoms with Gasteiger partial charge in [0.25, 0.3) is 0 Å². The van der Waals surface area contributed by atoms with Crippen LogP contribution in [0.15, 0.2) is 216 Å². The molecule has 3 atom stereocenters. The van der Waals surface area contributed by atoms with Gasteiger partial charge in [0.05, 0.1) is 22.5 Å². The Hall–Kier alpha value is -7.66. The lowest BCUT2D eigenvalue weighted by molar-refractivity contribution is 0.669. The highest BCUT2D eigenvalue weighted by atomic mass is 32.1. The van der Waals surface area contributed by atoms with Crippen molar-refractivity contribution in [3.63, 3.8) is 0 Å². The van der Waals surface area contributed by atoms with E-state index in [1.165, 1.54) is 98.0 Å². The van der Waals surface area contributed by atoms with Gasteiger partial charge in [-0.15, -0.1) is 11.3 Å². The summed E-state index contributed by atoms with van der Waals surface area (Å²) in [6.45, 7) is 0. The van der Waals surface area contributed by atoms with Crippen molar-refractivity contribution in [2.75, 3.05) is 4.90 Å². The Morgan fingerprint density at radius 2 is 1.29 bits per heavy atom. The number of hydrogen-bond donors (Lipinski definition) is 0. The topological polar surface area (TPSA) is 21.3 Å². The zero-order valence-corrected chi connectivity index (χ0v) is 36.2. The van der Waals surface area contributed by atoms with Crippen molar-refractivity contribution in [1.82, 2.24) is 4.57 Å². The van der Waals surface area contributed by atoms with Gasteiger partial charge in [0, 0.05) is 64.7 Å². The second-order valence-electron chi connectivity index (χ2n) is 18.2. The minimum absolute atomic E-state index is 0.158. The van der Waals surface area contributed by atoms with E-state index < -0.39 is 5.41 Å². The van der Waals surface area contributed by atoms with E-state index in [4.69, 9.17) is 4.42 Å². The predicted molar refractivity (Wildman–Crippen MR) is 272 cm³/mol. The largest absolute Gasteiger partial charge is 0.456 e. The van der Waals surface area contributed by atoms with Crippen molar-refractivity contribution in [3.8, 4) is 5.69 Å². The van der Waals surface area contributed by atoms with Crippen molar-refractivity contribution in [2.45, 2.75) is 30.2 Å². The number of nitrogens with zero attached hydrogens (tertiary/aromatic N) is 2. The maximum Gasteiger partial charge on any atom is 0.135 e. The summed E-state index contributed by atoms with van der Waals surface area (Å²) in [5.41, 5.74) is 17.0. The number of hydrogen-bond acceptors (Lipinski definition) is 3. The third-order valence-electron chi connectivity index (χ3n) is 15.1. The molecule has 0 spiro atoms. The highest BCUT2D eigenvalue weighted by Crippen LogP contribution is 2.59. The second kappa shape index (κ2) is 13.2. The number of thiophene rings is 1. The molecule has 0 amide bonds. The third kappa shape index (κ3) is 4.79. The fourth-order valence-electron chi connectivity index (χ4n) is 12.4. The van der Waals surface area contributed by atoms with Gasteiger partial charge in [-0.25, -0.2) is 0 Å². The van der Waals surface area contributed by atoms with Crippen molar-refractivity contribution >= 4 is 92.2 Å². The van der Waals surface area contributed by atoms with E-state index in [-0.39, 0.29) is 12.0 Å². The summed E-state index contributed by atoms with van der Waals surface area (Å²) in [6, 6.07) is 64.2. The molecule has 65 heavy (non-hydrogen) atoms. The molecule has 306 valence electrons. The molecular weight excluding hydrogens is 809 g/mol. The van der Waals surface area contributed by atoms with Gasteiger partial charge in [-0.05, 0) is 125 Å². The van der Waals surface area contributed by atoms with Crippen LogP contribution in [-0.2, 0) is 5.41 Å². The SMILES string of the molecule is C1=CC2c3cc(C4(c5ccc6c(c5)c5ccccc5n6-c5ccc6sc7ccccc7c6c5)C5=C(CCC=C5)c5ccccc54)ccc3N(c3ccc4oc5ccccc5c4c3)[C@H]2C=C1. The number of furan rings is 1. The average molecular weight is 849 g/mol. The molecule has 15 rings (SSSR count). The van der Waals surface area contributed by atoms with Gasteiger partial charge < -0.3 is 13.9 Å². The van der Waals surface area contributed by atoms with E-state index in [2.05, 4.69) is 210 Å². The molecule has 0 fully saturated rings. The summed E-state index contributed by atoms with van der Waals surface area (Å²) < 4.78 is 11.4. The van der Waals surface area contributed by atoms with Crippen LogP contribution in [0.5, 0.6) is 0 Å². The molecule has 3 aromatic heterocycles. The molecule has 4 heterocycles. The molecule has 3 aliphatic carbocycles. The lowest BCUT2D eigenvalue weighted by Gasteiger charge is -2.36. The summed E-state index contributed by atoms with van der Waals surface area (Å²) >= 11 is 1.87. The molecule has 0 radical (unpaired) electrons. The Morgan fingerprint density at radius 1 is 0.554 bits per heavy atom. The van der Waals surface area contributed by atoms with Crippen LogP contribution in [0.2, 0.25) is 0 Å². The lowest BCUT2D eigenvalue weighted by Crippen LogP contribution is -2.30. The quantitative estimate of drug-likeness (QED) is 0.176. The summed E-state index contributed by atoms with van der Waals surface area (Å²) in [4.78, 5) is 2.56. The smallest absolute Gasteiger partial charge is 0.135 e. The Morgan fingerprint density at radius 3 is 2.26 bits per heavy atom. The predicted octanol–water partition coefficient (Wildman–Crippen LogP) is 16.2. The average Bonchev–Trinajstić information content (AvgIpc) is 4.16. The van der Waals surface area contributed by atoms with Gasteiger partial charge in [0.1, 0.15) is 11.2 Å². The number of allylic oxidation sites excluding steroid dienone is 6. The van der Waals surface area contributed by atoms with Crippen LogP contribution in [0, 0.1) is 0 Å². The Kier molecular flexibility index (Phi) is 7.26. The van der Waals surface area contributed by atoms with Crippen molar-refractivity contribution < 1.29 is 4.42 Å². The molecule has 4 heteroatoms. The van der Waals surface area contributed by atoms with E-state index in [0.717, 1.165) is 34.8 Å². The summed E-state index contributed by atoms with van der Waals surface area (Å²) in [6.07, 6.45) is 16.2. The van der Waals surface area contributed by atoms with E-state index in [9.17, 15) is 0 Å². The first-order valence-electron chi connectivity index (χ1n) is 22.9. The van der Waals surface area contributed by atoms with E-state index in [1.54, 1.807) is 0 Å². The molecule has 8 aromatic carbocycles. The van der Waals surface area contributed by atoms with E-state index in [0.29, 0.717) is 0 Å². The maximum atomic E-state index is 6.29. The van der Waals surface area contributed by atoms with Crippen LogP contribution in [0.1, 0.15) is 46.6 Å². The van der Waals surface area contributed by atoms with Crippen molar-refractivity contribution in [1.29, 1.82) is 0 Å². The highest BCUT2D eigenvalue weighted by Gasteiger charge is 2.49. The first-order chi connectivity index (χ1) is 32.2. The number of anilines is 2. The highest BCUT2D eigenvalue weighted by molar-refractivity contribution is 7.25. The molecular formula is C61H40N2OS. The Bertz CT molecular complexity index is 4000. The first-order valence-corrected chi connectivity index (χ1v) is 23.7. The molecule has 0 saturated heterocycles. The summed E-state index contributed by atoms with van der Waals surface area (Å²) in [5.74, 6) is 0.203. The van der Waals surface area contributed by atoms with E-state index in [1.807, 2.05) is 17.4 Å². The van der Waals surface area contributed by atoms with Gasteiger partial charge in [0.2, 0.25) is 0 Å². The lowest BCUT2D eigenvalue weighted by atomic mass is 9.65. The Labute approximate surface area is 379 Å². The van der Waals surface area contributed by atoms with Gasteiger partial charge in [-0.1, -0.05) is 134 Å². The Balaban J connectivity index is 0.959. The number of para-hydroxylation sites is 2. The fraction of sp³-hybridized carbons (Fsp3) is 0.0820. The number of fused-ring (bicyclic) bond motifs is 14. The first kappa shape index (κ1) is 35.8. The van der Waals surface area contributed by atoms with Crippen LogP contribution < -0.4 is 4.90 Å². The zero-order valence-electron chi connectivity index (χ0n) is 35.4. The molecule has 0 saturated carbocycles. The molecule has 11 aromatic rings. The second-order valence-corrected chi connectivity index (χ2v) is 19.3. The van der Waals surface area contributed by atoms with Crippen molar-refractivity contribution in [3.05, 3.63) is 240 Å². The molecule has 0 bridgehead atoms. The standard InChI is InChI=1S/C61H40N2OS/c1-7-19-51-41(13-1)42-14-2-8-20-52(42)61(51,37-25-29-55-47(33-37)43-15-3-9-21-53(43)62(55)39-27-31-58-49(35-39)45-17-5-11-23-57(45)64-58)38-26-30-56-48(34-38)44-16-4-10-22-54(44)63(56)40-28-32-60-50(36-40)46-18-6-12-24-59(46)65-60/h1,3-13,15-36,43,53H,2,14H2/t43?,53-,61?/m0/s1. The van der Waals surface area contributed by atoms with Crippen LogP contribution >= 0.6 is 11.3 Å². The van der Waals surface area contributed by atoms with Gasteiger partial charge >= 0.3 is 0 Å². The third-order valence-corrected chi connectivity index (χ3v) is 16.2. The fourth-order valence-corrected chi connectivity index (χ4v) is 13.5. The molecule has 2 unspecified atom stereocenters. The van der Waals surface area contributed by atoms with Gasteiger partial charge in [-0.3, -0.25) is 0 Å². The summed E-state index contributed by atoms with van der Waals surface area (Å²) in [7, 11) is 0. The maximum absolute atomic E-state index is 6.29. The monoisotopic (exact) mass is 848 g/mol. The molecule has 0 N–H and O–H groups in total.